The van der Waals surface area contributed by atoms with E-state index in [4.69, 9.17) is 10.9 Å². The summed E-state index contributed by atoms with van der Waals surface area (Å²) in [4.78, 5) is 0. The van der Waals surface area contributed by atoms with Gasteiger partial charge in [0.1, 0.15) is 0 Å². The summed E-state index contributed by atoms with van der Waals surface area (Å²) in [6, 6.07) is 7.83. The molecule has 5 nitrogen and oxygen atoms in total. The number of hydrogen-bond acceptors (Lipinski definition) is 5. The van der Waals surface area contributed by atoms with Crippen LogP contribution in [0.4, 0.5) is 0 Å². The quantitative estimate of drug-likeness (QED) is 0.629. The van der Waals surface area contributed by atoms with Crippen LogP contribution in [0.15, 0.2) is 29.4 Å². The Labute approximate surface area is 110 Å². The number of nitrogens with two attached hydrogens (primary N) is 1. The van der Waals surface area contributed by atoms with Gasteiger partial charge in [-0.05, 0) is 11.1 Å². The molecule has 0 aliphatic rings. The minimum atomic E-state index is 0.0738. The Morgan fingerprint density at radius 3 is 2.44 bits per heavy atom. The maximum absolute atomic E-state index is 8.96. The largest absolute Gasteiger partial charge is 0.392 e. The number of aliphatic hydroxyl groups excluding tert-OH is 1. The molecule has 6 heteroatoms. The van der Waals surface area contributed by atoms with E-state index in [1.807, 2.05) is 31.2 Å². The molecule has 1 aromatic carbocycles. The zero-order chi connectivity index (χ0) is 13.0. The molecule has 3 N–H and O–H groups in total. The lowest BCUT2D eigenvalue weighted by molar-refractivity contribution is 0.282. The molecule has 0 fully saturated rings. The van der Waals surface area contributed by atoms with Crippen molar-refractivity contribution in [3.8, 4) is 0 Å². The highest BCUT2D eigenvalue weighted by molar-refractivity contribution is 7.98. The molecule has 1 aromatic heterocycles. The maximum atomic E-state index is 8.96. The third-order valence-corrected chi connectivity index (χ3v) is 3.64. The van der Waals surface area contributed by atoms with E-state index in [0.717, 1.165) is 28.7 Å². The SMILES string of the molecule is CCc1nnc(SCc2ccc(CO)cc2)n1N. The van der Waals surface area contributed by atoms with Crippen molar-refractivity contribution in [2.24, 2.45) is 0 Å². The standard InChI is InChI=1S/C12H16N4OS/c1-2-11-14-15-12(16(11)13)18-8-10-5-3-9(7-17)4-6-10/h3-6,17H,2,7-8,13H2,1H3. The second kappa shape index (κ2) is 5.88. The minimum absolute atomic E-state index is 0.0738. The van der Waals surface area contributed by atoms with E-state index >= 15 is 0 Å². The summed E-state index contributed by atoms with van der Waals surface area (Å²) in [5.41, 5.74) is 2.08. The van der Waals surface area contributed by atoms with Crippen molar-refractivity contribution in [3.63, 3.8) is 0 Å². The van der Waals surface area contributed by atoms with E-state index in [1.165, 1.54) is 10.2 Å². The summed E-state index contributed by atoms with van der Waals surface area (Å²) in [7, 11) is 0. The maximum Gasteiger partial charge on any atom is 0.210 e. The zero-order valence-corrected chi connectivity index (χ0v) is 11.0. The molecule has 0 amide bonds. The molecule has 18 heavy (non-hydrogen) atoms. The lowest BCUT2D eigenvalue weighted by Crippen LogP contribution is -2.13. The molecule has 0 unspecified atom stereocenters. The van der Waals surface area contributed by atoms with Gasteiger partial charge in [0.15, 0.2) is 5.82 Å². The van der Waals surface area contributed by atoms with Gasteiger partial charge in [0.05, 0.1) is 6.61 Å². The Bertz CT molecular complexity index is 509. The third kappa shape index (κ3) is 2.83. The summed E-state index contributed by atoms with van der Waals surface area (Å²) in [5.74, 6) is 7.43. The van der Waals surface area contributed by atoms with E-state index < -0.39 is 0 Å². The highest BCUT2D eigenvalue weighted by Gasteiger charge is 2.08. The molecule has 0 radical (unpaired) electrons. The highest BCUT2D eigenvalue weighted by Crippen LogP contribution is 2.20. The highest BCUT2D eigenvalue weighted by atomic mass is 32.2. The molecule has 0 saturated heterocycles. The Balaban J connectivity index is 1.99. The molecule has 0 saturated carbocycles. The van der Waals surface area contributed by atoms with Crippen molar-refractivity contribution in [2.75, 3.05) is 5.84 Å². The van der Waals surface area contributed by atoms with Crippen LogP contribution in [0.1, 0.15) is 23.9 Å². The molecular formula is C12H16N4OS. The first kappa shape index (κ1) is 12.9. The summed E-state index contributed by atoms with van der Waals surface area (Å²) < 4.78 is 1.53. The van der Waals surface area contributed by atoms with E-state index in [2.05, 4.69) is 10.2 Å². The van der Waals surface area contributed by atoms with Gasteiger partial charge in [0, 0.05) is 12.2 Å². The fraction of sp³-hybridized carbons (Fsp3) is 0.333. The van der Waals surface area contributed by atoms with Gasteiger partial charge in [0.25, 0.3) is 0 Å². The van der Waals surface area contributed by atoms with Gasteiger partial charge in [-0.2, -0.15) is 0 Å². The number of hydrogen-bond donors (Lipinski definition) is 2. The third-order valence-electron chi connectivity index (χ3n) is 2.62. The van der Waals surface area contributed by atoms with Crippen LogP contribution in [0.25, 0.3) is 0 Å². The summed E-state index contributed by atoms with van der Waals surface area (Å²) in [6.07, 6.45) is 0.773. The second-order valence-electron chi connectivity index (χ2n) is 3.89. The summed E-state index contributed by atoms with van der Waals surface area (Å²) in [6.45, 7) is 2.07. The monoisotopic (exact) mass is 264 g/mol. The van der Waals surface area contributed by atoms with Gasteiger partial charge in [0.2, 0.25) is 5.16 Å². The molecule has 0 aliphatic heterocycles. The van der Waals surface area contributed by atoms with Crippen LogP contribution in [0.2, 0.25) is 0 Å². The molecule has 1 heterocycles. The molecule has 2 aromatic rings. The molecule has 96 valence electrons. The van der Waals surface area contributed by atoms with Crippen LogP contribution in [0.5, 0.6) is 0 Å². The molecule has 0 aliphatic carbocycles. The van der Waals surface area contributed by atoms with E-state index in [-0.39, 0.29) is 6.61 Å². The van der Waals surface area contributed by atoms with Crippen molar-refractivity contribution in [1.82, 2.24) is 14.9 Å². The number of aromatic nitrogens is 3. The Kier molecular flexibility index (Phi) is 4.22. The van der Waals surface area contributed by atoms with E-state index in [0.29, 0.717) is 0 Å². The lowest BCUT2D eigenvalue weighted by Gasteiger charge is -2.03. The number of thioether (sulfide) groups is 1. The van der Waals surface area contributed by atoms with Crippen LogP contribution in [-0.2, 0) is 18.8 Å². The zero-order valence-electron chi connectivity index (χ0n) is 10.2. The van der Waals surface area contributed by atoms with E-state index in [9.17, 15) is 0 Å². The predicted octanol–water partition coefficient (Wildman–Crippen LogP) is 1.34. The van der Waals surface area contributed by atoms with Crippen molar-refractivity contribution >= 4 is 11.8 Å². The van der Waals surface area contributed by atoms with Crippen molar-refractivity contribution < 1.29 is 5.11 Å². The predicted molar refractivity (Wildman–Crippen MR) is 71.5 cm³/mol. The van der Waals surface area contributed by atoms with Gasteiger partial charge in [-0.25, -0.2) is 4.68 Å². The number of benzene rings is 1. The van der Waals surface area contributed by atoms with Crippen LogP contribution in [0.3, 0.4) is 0 Å². The minimum Gasteiger partial charge on any atom is -0.392 e. The van der Waals surface area contributed by atoms with Crippen molar-refractivity contribution in [2.45, 2.75) is 30.9 Å². The molecule has 0 bridgehead atoms. The smallest absolute Gasteiger partial charge is 0.210 e. The average Bonchev–Trinajstić information content (AvgIpc) is 2.77. The Morgan fingerprint density at radius 2 is 1.89 bits per heavy atom. The number of nitrogen functional groups attached to an aromatic ring is 1. The molecule has 2 rings (SSSR count). The van der Waals surface area contributed by atoms with Crippen molar-refractivity contribution in [3.05, 3.63) is 41.2 Å². The number of rotatable bonds is 5. The van der Waals surface area contributed by atoms with Crippen LogP contribution in [0, 0.1) is 0 Å². The van der Waals surface area contributed by atoms with Crippen LogP contribution >= 0.6 is 11.8 Å². The first-order valence-corrected chi connectivity index (χ1v) is 6.74. The van der Waals surface area contributed by atoms with E-state index in [1.54, 1.807) is 11.8 Å². The fourth-order valence-corrected chi connectivity index (χ4v) is 2.37. The van der Waals surface area contributed by atoms with Crippen LogP contribution < -0.4 is 5.84 Å². The lowest BCUT2D eigenvalue weighted by atomic mass is 10.2. The van der Waals surface area contributed by atoms with Crippen molar-refractivity contribution in [1.29, 1.82) is 0 Å². The molecular weight excluding hydrogens is 248 g/mol. The van der Waals surface area contributed by atoms with Crippen LogP contribution in [-0.4, -0.2) is 20.0 Å². The summed E-state index contributed by atoms with van der Waals surface area (Å²) in [5, 5.41) is 17.7. The van der Waals surface area contributed by atoms with Gasteiger partial charge in [-0.1, -0.05) is 43.0 Å². The topological polar surface area (TPSA) is 77.0 Å². The van der Waals surface area contributed by atoms with Gasteiger partial charge in [-0.3, -0.25) is 0 Å². The molecule has 0 atom stereocenters. The first-order chi connectivity index (χ1) is 8.74. The number of nitrogens with zero attached hydrogens (tertiary/aromatic N) is 3. The van der Waals surface area contributed by atoms with Gasteiger partial charge in [-0.15, -0.1) is 10.2 Å². The second-order valence-corrected chi connectivity index (χ2v) is 4.83. The van der Waals surface area contributed by atoms with Gasteiger partial charge >= 0.3 is 0 Å². The Hall–Kier alpha value is -1.53. The number of aliphatic hydroxyl groups is 1. The van der Waals surface area contributed by atoms with Gasteiger partial charge < -0.3 is 10.9 Å². The molecule has 0 spiro atoms. The Morgan fingerprint density at radius 1 is 1.22 bits per heavy atom. The number of aryl methyl sites for hydroxylation is 1. The fourth-order valence-electron chi connectivity index (χ4n) is 1.54. The summed E-state index contributed by atoms with van der Waals surface area (Å²) >= 11 is 1.55. The normalized spacial score (nSPS) is 10.8. The first-order valence-electron chi connectivity index (χ1n) is 5.75. The average molecular weight is 264 g/mol.